The molecule has 7 nitrogen and oxygen atoms in total. The Labute approximate surface area is 185 Å². The van der Waals surface area contributed by atoms with Crippen molar-refractivity contribution in [2.24, 2.45) is 5.73 Å². The first-order valence-corrected chi connectivity index (χ1v) is 10.1. The summed E-state index contributed by atoms with van der Waals surface area (Å²) in [7, 11) is 0. The van der Waals surface area contributed by atoms with Crippen LogP contribution >= 0.6 is 0 Å². The van der Waals surface area contributed by atoms with Gasteiger partial charge >= 0.3 is 0 Å². The Morgan fingerprint density at radius 2 is 1.56 bits per heavy atom. The van der Waals surface area contributed by atoms with Gasteiger partial charge in [0.1, 0.15) is 11.5 Å². The van der Waals surface area contributed by atoms with Gasteiger partial charge in [-0.3, -0.25) is 9.59 Å². The second-order valence-corrected chi connectivity index (χ2v) is 7.25. The van der Waals surface area contributed by atoms with E-state index in [0.29, 0.717) is 29.2 Å². The first-order valence-electron chi connectivity index (χ1n) is 10.1. The third-order valence-corrected chi connectivity index (χ3v) is 4.86. The van der Waals surface area contributed by atoms with Gasteiger partial charge in [0.15, 0.2) is 0 Å². The van der Waals surface area contributed by atoms with Crippen LogP contribution in [0.15, 0.2) is 91.5 Å². The molecule has 4 rings (SSSR count). The number of aromatic nitrogens is 2. The summed E-state index contributed by atoms with van der Waals surface area (Å²) in [6.07, 6.45) is 5.44. The van der Waals surface area contributed by atoms with Crippen molar-refractivity contribution in [2.75, 3.05) is 0 Å². The molecule has 0 atom stereocenters. The smallest absolute Gasteiger partial charge is 0.251 e. The summed E-state index contributed by atoms with van der Waals surface area (Å²) in [5.41, 5.74) is 8.35. The summed E-state index contributed by atoms with van der Waals surface area (Å²) in [5, 5.41) is 2.94. The van der Waals surface area contributed by atoms with E-state index in [4.69, 9.17) is 10.5 Å². The molecule has 0 saturated heterocycles. The van der Waals surface area contributed by atoms with Gasteiger partial charge in [-0.2, -0.15) is 0 Å². The molecule has 4 aromatic rings. The zero-order chi connectivity index (χ0) is 22.3. The van der Waals surface area contributed by atoms with Crippen LogP contribution in [0.25, 0.3) is 0 Å². The van der Waals surface area contributed by atoms with Crippen molar-refractivity contribution in [1.29, 1.82) is 0 Å². The van der Waals surface area contributed by atoms with Gasteiger partial charge in [0, 0.05) is 36.6 Å². The van der Waals surface area contributed by atoms with E-state index in [0.717, 1.165) is 17.7 Å². The van der Waals surface area contributed by atoms with Gasteiger partial charge in [0.05, 0.1) is 6.33 Å². The lowest BCUT2D eigenvalue weighted by molar-refractivity contribution is 0.0949. The van der Waals surface area contributed by atoms with Crippen molar-refractivity contribution < 1.29 is 14.3 Å². The van der Waals surface area contributed by atoms with Crippen molar-refractivity contribution in [3.8, 4) is 11.5 Å². The summed E-state index contributed by atoms with van der Waals surface area (Å²) in [6, 6.07) is 21.5. The fraction of sp³-hybridized carbons (Fsp3) is 0.0800. The molecule has 0 aliphatic rings. The number of hydrogen-bond acceptors (Lipinski definition) is 4. The van der Waals surface area contributed by atoms with Crippen molar-refractivity contribution in [2.45, 2.75) is 13.1 Å². The summed E-state index contributed by atoms with van der Waals surface area (Å²) in [4.78, 5) is 27.7. The Hall–Kier alpha value is -4.39. The van der Waals surface area contributed by atoms with Gasteiger partial charge in [0.25, 0.3) is 5.91 Å². The predicted molar refractivity (Wildman–Crippen MR) is 120 cm³/mol. The number of amides is 2. The molecule has 0 radical (unpaired) electrons. The minimum Gasteiger partial charge on any atom is -0.457 e. The zero-order valence-corrected chi connectivity index (χ0v) is 17.3. The third kappa shape index (κ3) is 5.40. The number of benzene rings is 3. The molecule has 3 N–H and O–H groups in total. The molecule has 160 valence electrons. The summed E-state index contributed by atoms with van der Waals surface area (Å²) in [5.74, 6) is 0.502. The number of carbonyl (C=O) groups is 2. The van der Waals surface area contributed by atoms with Crippen LogP contribution in [-0.2, 0) is 13.1 Å². The second-order valence-electron chi connectivity index (χ2n) is 7.25. The lowest BCUT2D eigenvalue weighted by Crippen LogP contribution is -2.22. The van der Waals surface area contributed by atoms with E-state index in [9.17, 15) is 9.59 Å². The number of nitrogens with one attached hydrogen (secondary N) is 1. The highest BCUT2D eigenvalue weighted by Gasteiger charge is 2.07. The van der Waals surface area contributed by atoms with Crippen LogP contribution in [0.5, 0.6) is 11.5 Å². The van der Waals surface area contributed by atoms with Crippen molar-refractivity contribution in [3.63, 3.8) is 0 Å². The molecular formula is C25H22N4O3. The number of primary amides is 1. The molecule has 1 aromatic heterocycles. The molecule has 0 aliphatic heterocycles. The van der Waals surface area contributed by atoms with Crippen LogP contribution in [-0.4, -0.2) is 21.4 Å². The van der Waals surface area contributed by atoms with E-state index in [-0.39, 0.29) is 5.91 Å². The normalized spacial score (nSPS) is 10.5. The minimum atomic E-state index is -0.489. The predicted octanol–water partition coefficient (Wildman–Crippen LogP) is 3.75. The molecular weight excluding hydrogens is 404 g/mol. The molecule has 0 aliphatic carbocycles. The fourth-order valence-electron chi connectivity index (χ4n) is 3.21. The van der Waals surface area contributed by atoms with Crippen LogP contribution in [0.4, 0.5) is 0 Å². The average molecular weight is 426 g/mol. The Balaban J connectivity index is 1.32. The van der Waals surface area contributed by atoms with Gasteiger partial charge in [-0.25, -0.2) is 4.98 Å². The number of ether oxygens (including phenoxy) is 1. The summed E-state index contributed by atoms with van der Waals surface area (Å²) >= 11 is 0. The maximum atomic E-state index is 12.5. The van der Waals surface area contributed by atoms with Gasteiger partial charge in [-0.15, -0.1) is 0 Å². The van der Waals surface area contributed by atoms with Crippen LogP contribution in [0.2, 0.25) is 0 Å². The van der Waals surface area contributed by atoms with Gasteiger partial charge in [-0.05, 0) is 59.7 Å². The molecule has 0 saturated carbocycles. The third-order valence-electron chi connectivity index (χ3n) is 4.86. The van der Waals surface area contributed by atoms with E-state index in [1.165, 1.54) is 0 Å². The topological polar surface area (TPSA) is 99.2 Å². The minimum absolute atomic E-state index is 0.164. The van der Waals surface area contributed by atoms with Crippen LogP contribution in [0, 0.1) is 0 Å². The van der Waals surface area contributed by atoms with Gasteiger partial charge in [0.2, 0.25) is 5.91 Å². The molecule has 0 spiro atoms. The van der Waals surface area contributed by atoms with Crippen molar-refractivity contribution in [3.05, 3.63) is 114 Å². The SMILES string of the molecule is NC(=O)c1ccc(Oc2ccc(C(=O)NCc3cccc(Cn4ccnc4)c3)cc2)cc1. The monoisotopic (exact) mass is 426 g/mol. The van der Waals surface area contributed by atoms with E-state index >= 15 is 0 Å². The number of rotatable bonds is 8. The Bertz CT molecular complexity index is 1200. The van der Waals surface area contributed by atoms with Crippen LogP contribution < -0.4 is 15.8 Å². The largest absolute Gasteiger partial charge is 0.457 e. The summed E-state index contributed by atoms with van der Waals surface area (Å²) < 4.78 is 7.74. The first-order chi connectivity index (χ1) is 15.6. The van der Waals surface area contributed by atoms with Crippen molar-refractivity contribution >= 4 is 11.8 Å². The summed E-state index contributed by atoms with van der Waals surface area (Å²) in [6.45, 7) is 1.16. The highest BCUT2D eigenvalue weighted by atomic mass is 16.5. The Morgan fingerprint density at radius 1 is 0.906 bits per heavy atom. The van der Waals surface area contributed by atoms with Crippen LogP contribution in [0.3, 0.4) is 0 Å². The van der Waals surface area contributed by atoms with Gasteiger partial charge in [-0.1, -0.05) is 24.3 Å². The molecule has 0 fully saturated rings. The maximum Gasteiger partial charge on any atom is 0.251 e. The Morgan fingerprint density at radius 3 is 2.19 bits per heavy atom. The molecule has 7 heteroatoms. The zero-order valence-electron chi connectivity index (χ0n) is 17.3. The highest BCUT2D eigenvalue weighted by molar-refractivity contribution is 5.94. The number of nitrogens with zero attached hydrogens (tertiary/aromatic N) is 2. The molecule has 32 heavy (non-hydrogen) atoms. The molecule has 0 bridgehead atoms. The quantitative estimate of drug-likeness (QED) is 0.448. The standard InChI is InChI=1S/C25H22N4O3/c26-24(30)20-4-8-22(9-5-20)32-23-10-6-21(7-11-23)25(31)28-15-18-2-1-3-19(14-18)16-29-13-12-27-17-29/h1-14,17H,15-16H2,(H2,26,30)(H,28,31). The number of imidazole rings is 1. The first kappa shape index (κ1) is 20.9. The molecule has 1 heterocycles. The second kappa shape index (κ2) is 9.61. The van der Waals surface area contributed by atoms with E-state index in [1.54, 1.807) is 61.1 Å². The molecule has 0 unspecified atom stereocenters. The lowest BCUT2D eigenvalue weighted by Gasteiger charge is -2.09. The average Bonchev–Trinajstić information content (AvgIpc) is 3.32. The number of nitrogens with two attached hydrogens (primary N) is 1. The maximum absolute atomic E-state index is 12.5. The van der Waals surface area contributed by atoms with Crippen LogP contribution in [0.1, 0.15) is 31.8 Å². The number of carbonyl (C=O) groups excluding carboxylic acids is 2. The lowest BCUT2D eigenvalue weighted by atomic mass is 10.1. The Kier molecular flexibility index (Phi) is 6.27. The van der Waals surface area contributed by atoms with Gasteiger partial charge < -0.3 is 20.4 Å². The van der Waals surface area contributed by atoms with E-state index < -0.39 is 5.91 Å². The molecule has 2 amide bonds. The van der Waals surface area contributed by atoms with E-state index in [2.05, 4.69) is 16.4 Å². The van der Waals surface area contributed by atoms with Crippen molar-refractivity contribution in [1.82, 2.24) is 14.9 Å². The van der Waals surface area contributed by atoms with E-state index in [1.807, 2.05) is 29.0 Å². The highest BCUT2D eigenvalue weighted by Crippen LogP contribution is 2.22. The number of hydrogen-bond donors (Lipinski definition) is 2. The fourth-order valence-corrected chi connectivity index (χ4v) is 3.21. The molecule has 3 aromatic carbocycles.